The van der Waals surface area contributed by atoms with Gasteiger partial charge in [0.05, 0.1) is 0 Å². The van der Waals surface area contributed by atoms with Crippen LogP contribution in [0, 0.1) is 5.92 Å². The predicted molar refractivity (Wildman–Crippen MR) is 53.1 cm³/mol. The van der Waals surface area contributed by atoms with E-state index in [0.717, 1.165) is 24.7 Å². The summed E-state index contributed by atoms with van der Waals surface area (Å²) in [6, 6.07) is 0. The van der Waals surface area contributed by atoms with Gasteiger partial charge in [-0.05, 0) is 24.3 Å². The summed E-state index contributed by atoms with van der Waals surface area (Å²) >= 11 is 0. The van der Waals surface area contributed by atoms with E-state index in [1.165, 1.54) is 12.8 Å². The van der Waals surface area contributed by atoms with Crippen LogP contribution in [0.4, 0.5) is 0 Å². The van der Waals surface area contributed by atoms with Gasteiger partial charge in [-0.3, -0.25) is 4.79 Å². The van der Waals surface area contributed by atoms with Crippen LogP contribution in [0.1, 0.15) is 46.5 Å². The molecule has 0 saturated carbocycles. The van der Waals surface area contributed by atoms with Crippen LogP contribution in [0.25, 0.3) is 0 Å². The van der Waals surface area contributed by atoms with Crippen LogP contribution in [-0.2, 0) is 4.79 Å². The van der Waals surface area contributed by atoms with Gasteiger partial charge < -0.3 is 0 Å². The minimum atomic E-state index is 0.586. The van der Waals surface area contributed by atoms with Gasteiger partial charge in [0.25, 0.3) is 0 Å². The zero-order chi connectivity index (χ0) is 9.40. The molecule has 0 bridgehead atoms. The normalized spacial score (nSPS) is 12.2. The maximum absolute atomic E-state index is 10.6. The second-order valence-corrected chi connectivity index (χ2v) is 3.64. The van der Waals surface area contributed by atoms with Crippen molar-refractivity contribution in [2.45, 2.75) is 46.5 Å². The quantitative estimate of drug-likeness (QED) is 0.338. The molecule has 0 heterocycles. The number of carbonyl (C=O) groups is 1. The molecular formula is C11H20O. The first-order valence-electron chi connectivity index (χ1n) is 4.84. The van der Waals surface area contributed by atoms with Gasteiger partial charge in [-0.25, -0.2) is 0 Å². The second kappa shape index (κ2) is 7.08. The van der Waals surface area contributed by atoms with Gasteiger partial charge in [0.15, 0.2) is 0 Å². The summed E-state index contributed by atoms with van der Waals surface area (Å²) in [5.74, 6) is 0.586. The number of hydrogen-bond donors (Lipinski definition) is 0. The van der Waals surface area contributed by atoms with E-state index in [9.17, 15) is 4.79 Å². The van der Waals surface area contributed by atoms with Gasteiger partial charge in [-0.15, -0.1) is 0 Å². The minimum absolute atomic E-state index is 0.586. The van der Waals surface area contributed by atoms with Crippen LogP contribution < -0.4 is 0 Å². The third kappa shape index (κ3) is 6.14. The Morgan fingerprint density at radius 2 is 2.08 bits per heavy atom. The van der Waals surface area contributed by atoms with Crippen LogP contribution >= 0.6 is 0 Å². The Morgan fingerprint density at radius 1 is 1.42 bits per heavy atom. The van der Waals surface area contributed by atoms with E-state index in [1.54, 1.807) is 0 Å². The topological polar surface area (TPSA) is 17.1 Å². The van der Waals surface area contributed by atoms with Crippen LogP contribution in [0.5, 0.6) is 0 Å². The molecule has 0 atom stereocenters. The Kier molecular flexibility index (Phi) is 6.73. The van der Waals surface area contributed by atoms with Crippen molar-refractivity contribution in [2.24, 2.45) is 5.92 Å². The number of aldehydes is 1. The molecule has 0 aliphatic rings. The maximum atomic E-state index is 10.6. The van der Waals surface area contributed by atoms with Gasteiger partial charge in [0, 0.05) is 0 Å². The molecule has 0 fully saturated rings. The van der Waals surface area contributed by atoms with Crippen molar-refractivity contribution in [3.05, 3.63) is 11.6 Å². The fourth-order valence-corrected chi connectivity index (χ4v) is 1.14. The van der Waals surface area contributed by atoms with Crippen molar-refractivity contribution < 1.29 is 4.79 Å². The zero-order valence-electron chi connectivity index (χ0n) is 8.47. The zero-order valence-corrected chi connectivity index (χ0v) is 8.47. The van der Waals surface area contributed by atoms with Crippen molar-refractivity contribution in [1.29, 1.82) is 0 Å². The Balaban J connectivity index is 3.78. The predicted octanol–water partition coefficient (Wildman–Crippen LogP) is 3.35. The third-order valence-electron chi connectivity index (χ3n) is 1.76. The lowest BCUT2D eigenvalue weighted by atomic mass is 10.0. The first kappa shape index (κ1) is 11.4. The Labute approximate surface area is 75.9 Å². The van der Waals surface area contributed by atoms with E-state index in [0.29, 0.717) is 5.92 Å². The van der Waals surface area contributed by atoms with Gasteiger partial charge in [0.1, 0.15) is 6.29 Å². The number of carbonyl (C=O) groups excluding carboxylic acids is 1. The SMILES string of the molecule is CCCCC=C(C=O)CC(C)C. The molecule has 12 heavy (non-hydrogen) atoms. The monoisotopic (exact) mass is 168 g/mol. The highest BCUT2D eigenvalue weighted by Crippen LogP contribution is 2.10. The lowest BCUT2D eigenvalue weighted by molar-refractivity contribution is -0.105. The first-order valence-corrected chi connectivity index (χ1v) is 4.84. The van der Waals surface area contributed by atoms with Crippen molar-refractivity contribution in [2.75, 3.05) is 0 Å². The molecule has 0 rings (SSSR count). The number of allylic oxidation sites excluding steroid dienone is 2. The van der Waals surface area contributed by atoms with E-state index >= 15 is 0 Å². The lowest BCUT2D eigenvalue weighted by Crippen LogP contribution is -1.92. The number of hydrogen-bond acceptors (Lipinski definition) is 1. The van der Waals surface area contributed by atoms with Gasteiger partial charge >= 0.3 is 0 Å². The molecular weight excluding hydrogens is 148 g/mol. The van der Waals surface area contributed by atoms with Crippen LogP contribution in [0.15, 0.2) is 11.6 Å². The Morgan fingerprint density at radius 3 is 2.50 bits per heavy atom. The van der Waals surface area contributed by atoms with E-state index in [2.05, 4.69) is 26.8 Å². The molecule has 1 heteroatoms. The summed E-state index contributed by atoms with van der Waals surface area (Å²) in [5.41, 5.74) is 0.971. The van der Waals surface area contributed by atoms with E-state index in [-0.39, 0.29) is 0 Å². The Bertz CT molecular complexity index is 145. The standard InChI is InChI=1S/C11H20O/c1-4-5-6-7-11(9-12)8-10(2)3/h7,9-10H,4-6,8H2,1-3H3. The summed E-state index contributed by atoms with van der Waals surface area (Å²) < 4.78 is 0. The number of rotatable bonds is 6. The highest BCUT2D eigenvalue weighted by atomic mass is 16.1. The molecule has 0 spiro atoms. The highest BCUT2D eigenvalue weighted by molar-refractivity contribution is 5.72. The summed E-state index contributed by atoms with van der Waals surface area (Å²) in [7, 11) is 0. The average Bonchev–Trinajstić information content (AvgIpc) is 2.02. The summed E-state index contributed by atoms with van der Waals surface area (Å²) in [6.07, 6.45) is 7.44. The first-order chi connectivity index (χ1) is 5.70. The fraction of sp³-hybridized carbons (Fsp3) is 0.727. The molecule has 0 aromatic carbocycles. The van der Waals surface area contributed by atoms with Crippen LogP contribution in [0.3, 0.4) is 0 Å². The number of unbranched alkanes of at least 4 members (excludes halogenated alkanes) is 2. The lowest BCUT2D eigenvalue weighted by Gasteiger charge is -2.02. The molecule has 0 amide bonds. The minimum Gasteiger partial charge on any atom is -0.298 e. The summed E-state index contributed by atoms with van der Waals surface area (Å²) in [5, 5.41) is 0. The average molecular weight is 168 g/mol. The van der Waals surface area contributed by atoms with Crippen LogP contribution in [0.2, 0.25) is 0 Å². The van der Waals surface area contributed by atoms with Crippen molar-refractivity contribution >= 4 is 6.29 Å². The molecule has 0 unspecified atom stereocenters. The Hall–Kier alpha value is -0.590. The van der Waals surface area contributed by atoms with E-state index in [1.807, 2.05) is 0 Å². The summed E-state index contributed by atoms with van der Waals surface area (Å²) in [6.45, 7) is 6.44. The van der Waals surface area contributed by atoms with Crippen molar-refractivity contribution in [1.82, 2.24) is 0 Å². The van der Waals surface area contributed by atoms with Crippen molar-refractivity contribution in [3.8, 4) is 0 Å². The molecule has 0 aromatic heterocycles. The van der Waals surface area contributed by atoms with Crippen LogP contribution in [-0.4, -0.2) is 6.29 Å². The largest absolute Gasteiger partial charge is 0.298 e. The van der Waals surface area contributed by atoms with E-state index in [4.69, 9.17) is 0 Å². The molecule has 1 nitrogen and oxygen atoms in total. The molecule has 0 aromatic rings. The molecule has 0 aliphatic heterocycles. The van der Waals surface area contributed by atoms with E-state index < -0.39 is 0 Å². The molecule has 0 radical (unpaired) electrons. The molecule has 70 valence electrons. The molecule has 0 N–H and O–H groups in total. The summed E-state index contributed by atoms with van der Waals surface area (Å²) in [4.78, 5) is 10.6. The van der Waals surface area contributed by atoms with Gasteiger partial charge in [0.2, 0.25) is 0 Å². The second-order valence-electron chi connectivity index (χ2n) is 3.64. The molecule has 0 aliphatic carbocycles. The molecule has 0 saturated heterocycles. The van der Waals surface area contributed by atoms with Crippen molar-refractivity contribution in [3.63, 3.8) is 0 Å². The van der Waals surface area contributed by atoms with Gasteiger partial charge in [-0.2, -0.15) is 0 Å². The third-order valence-corrected chi connectivity index (χ3v) is 1.76. The van der Waals surface area contributed by atoms with Gasteiger partial charge in [-0.1, -0.05) is 39.7 Å². The maximum Gasteiger partial charge on any atom is 0.145 e. The highest BCUT2D eigenvalue weighted by Gasteiger charge is 1.98. The fourth-order valence-electron chi connectivity index (χ4n) is 1.14. The smallest absolute Gasteiger partial charge is 0.145 e.